The zero-order valence-corrected chi connectivity index (χ0v) is 11.1. The van der Waals surface area contributed by atoms with Crippen molar-refractivity contribution in [1.29, 1.82) is 0 Å². The first-order valence-corrected chi connectivity index (χ1v) is 6.24. The molecule has 2 N–H and O–H groups in total. The van der Waals surface area contributed by atoms with Crippen LogP contribution in [0.3, 0.4) is 0 Å². The second-order valence-electron chi connectivity index (χ2n) is 4.17. The number of rotatable bonds is 4. The van der Waals surface area contributed by atoms with Crippen molar-refractivity contribution in [3.8, 4) is 0 Å². The van der Waals surface area contributed by atoms with E-state index in [1.165, 1.54) is 18.5 Å². The Kier molecular flexibility index (Phi) is 3.65. The van der Waals surface area contributed by atoms with E-state index in [4.69, 9.17) is 8.83 Å². The van der Waals surface area contributed by atoms with Crippen LogP contribution in [-0.4, -0.2) is 21.8 Å². The lowest BCUT2D eigenvalue weighted by Gasteiger charge is -2.00. The van der Waals surface area contributed by atoms with Gasteiger partial charge < -0.3 is 14.2 Å². The van der Waals surface area contributed by atoms with E-state index in [2.05, 4.69) is 20.6 Å². The molecule has 110 valence electrons. The minimum absolute atomic E-state index is 0.0265. The number of furan rings is 1. The Labute approximate surface area is 124 Å². The van der Waals surface area contributed by atoms with Crippen molar-refractivity contribution in [2.45, 2.75) is 0 Å². The van der Waals surface area contributed by atoms with Gasteiger partial charge in [0.25, 0.3) is 11.8 Å². The highest BCUT2D eigenvalue weighted by molar-refractivity contribution is 6.04. The molecule has 3 aromatic rings. The number of hydrogen-bond donors (Lipinski definition) is 2. The number of nitrogens with one attached hydrogen (secondary N) is 2. The number of anilines is 2. The Hall–Kier alpha value is -3.42. The van der Waals surface area contributed by atoms with Gasteiger partial charge in [0.05, 0.1) is 18.1 Å². The van der Waals surface area contributed by atoms with Gasteiger partial charge in [-0.3, -0.25) is 19.9 Å². The van der Waals surface area contributed by atoms with Crippen molar-refractivity contribution in [2.75, 3.05) is 10.6 Å². The minimum Gasteiger partial charge on any atom is -0.459 e. The summed E-state index contributed by atoms with van der Waals surface area (Å²) < 4.78 is 9.96. The third-order valence-electron chi connectivity index (χ3n) is 2.62. The second kappa shape index (κ2) is 5.92. The number of nitrogens with zero attached hydrogens (tertiary/aromatic N) is 2. The average Bonchev–Trinajstić information content (AvgIpc) is 3.19. The Morgan fingerprint density at radius 3 is 2.68 bits per heavy atom. The average molecular weight is 298 g/mol. The summed E-state index contributed by atoms with van der Waals surface area (Å²) in [6, 6.07) is 6.35. The number of pyridine rings is 1. The van der Waals surface area contributed by atoms with Crippen molar-refractivity contribution in [3.05, 3.63) is 60.6 Å². The highest BCUT2D eigenvalue weighted by Gasteiger charge is 2.16. The zero-order valence-electron chi connectivity index (χ0n) is 11.1. The SMILES string of the molecule is O=C(Nc1cccnc1)c1coc(NC(=O)c2ccco2)n1. The van der Waals surface area contributed by atoms with Gasteiger partial charge in [-0.05, 0) is 24.3 Å². The van der Waals surface area contributed by atoms with E-state index >= 15 is 0 Å². The van der Waals surface area contributed by atoms with Gasteiger partial charge in [0.1, 0.15) is 6.26 Å². The molecule has 3 aromatic heterocycles. The van der Waals surface area contributed by atoms with Gasteiger partial charge in [0.2, 0.25) is 0 Å². The maximum atomic E-state index is 11.9. The van der Waals surface area contributed by atoms with E-state index in [-0.39, 0.29) is 17.5 Å². The van der Waals surface area contributed by atoms with Crippen molar-refractivity contribution in [1.82, 2.24) is 9.97 Å². The predicted octanol–water partition coefficient (Wildman–Crippen LogP) is 2.17. The van der Waals surface area contributed by atoms with Gasteiger partial charge in [-0.1, -0.05) is 0 Å². The molecule has 0 radical (unpaired) electrons. The molecule has 0 unspecified atom stereocenters. The molecule has 8 heteroatoms. The van der Waals surface area contributed by atoms with Gasteiger partial charge in [-0.15, -0.1) is 0 Å². The molecule has 0 aromatic carbocycles. The summed E-state index contributed by atoms with van der Waals surface area (Å²) in [5.74, 6) is -0.888. The second-order valence-corrected chi connectivity index (χ2v) is 4.17. The molecule has 2 amide bonds. The normalized spacial score (nSPS) is 10.2. The Balaban J connectivity index is 1.66. The minimum atomic E-state index is -0.522. The third kappa shape index (κ3) is 3.01. The molecule has 0 fully saturated rings. The molecule has 3 rings (SSSR count). The van der Waals surface area contributed by atoms with E-state index in [9.17, 15) is 9.59 Å². The molecular weight excluding hydrogens is 288 g/mol. The molecule has 0 spiro atoms. The molecule has 8 nitrogen and oxygen atoms in total. The van der Waals surface area contributed by atoms with Crippen LogP contribution < -0.4 is 10.6 Å². The molecule has 0 saturated carbocycles. The summed E-state index contributed by atoms with van der Waals surface area (Å²) in [4.78, 5) is 31.4. The first-order chi connectivity index (χ1) is 10.7. The van der Waals surface area contributed by atoms with Crippen LogP contribution in [0.25, 0.3) is 0 Å². The fourth-order valence-electron chi connectivity index (χ4n) is 1.63. The van der Waals surface area contributed by atoms with Gasteiger partial charge in [-0.25, -0.2) is 0 Å². The van der Waals surface area contributed by atoms with Crippen molar-refractivity contribution in [2.24, 2.45) is 0 Å². The number of amides is 2. The highest BCUT2D eigenvalue weighted by atomic mass is 16.4. The fourth-order valence-corrected chi connectivity index (χ4v) is 1.63. The summed E-state index contributed by atoms with van der Waals surface area (Å²) in [6.45, 7) is 0. The summed E-state index contributed by atoms with van der Waals surface area (Å²) in [6.07, 6.45) is 5.60. The number of oxazole rings is 1. The van der Waals surface area contributed by atoms with Crippen molar-refractivity contribution < 1.29 is 18.4 Å². The molecular formula is C14H10N4O4. The van der Waals surface area contributed by atoms with Gasteiger partial charge in [-0.2, -0.15) is 4.98 Å². The maximum absolute atomic E-state index is 11.9. The molecule has 0 bridgehead atoms. The summed E-state index contributed by atoms with van der Waals surface area (Å²) in [5.41, 5.74) is 0.551. The van der Waals surface area contributed by atoms with E-state index in [0.717, 1.165) is 6.26 Å². The molecule has 0 aliphatic heterocycles. The maximum Gasteiger partial charge on any atom is 0.302 e. The molecule has 22 heavy (non-hydrogen) atoms. The van der Waals surface area contributed by atoms with E-state index in [1.807, 2.05) is 0 Å². The highest BCUT2D eigenvalue weighted by Crippen LogP contribution is 2.12. The van der Waals surface area contributed by atoms with Crippen molar-refractivity contribution in [3.63, 3.8) is 0 Å². The van der Waals surface area contributed by atoms with Crippen LogP contribution in [0.1, 0.15) is 21.0 Å². The lowest BCUT2D eigenvalue weighted by atomic mass is 10.4. The largest absolute Gasteiger partial charge is 0.459 e. The number of carbonyl (C=O) groups excluding carboxylic acids is 2. The Morgan fingerprint density at radius 1 is 1.05 bits per heavy atom. The summed E-state index contributed by atoms with van der Waals surface area (Å²) in [7, 11) is 0. The van der Waals surface area contributed by atoms with E-state index in [1.54, 1.807) is 24.4 Å². The van der Waals surface area contributed by atoms with Gasteiger partial charge >= 0.3 is 6.01 Å². The Bertz CT molecular complexity index is 780. The topological polar surface area (TPSA) is 110 Å². The van der Waals surface area contributed by atoms with Gasteiger partial charge in [0, 0.05) is 6.20 Å². The molecule has 0 atom stereocenters. The Morgan fingerprint density at radius 2 is 1.95 bits per heavy atom. The first-order valence-electron chi connectivity index (χ1n) is 6.24. The number of hydrogen-bond acceptors (Lipinski definition) is 6. The van der Waals surface area contributed by atoms with E-state index < -0.39 is 11.8 Å². The third-order valence-corrected chi connectivity index (χ3v) is 2.62. The molecule has 3 heterocycles. The molecule has 0 aliphatic rings. The molecule has 0 saturated heterocycles. The van der Waals surface area contributed by atoms with Crippen LogP contribution >= 0.6 is 0 Å². The van der Waals surface area contributed by atoms with Crippen LogP contribution in [-0.2, 0) is 0 Å². The van der Waals surface area contributed by atoms with Crippen LogP contribution in [0.15, 0.2) is 58.0 Å². The standard InChI is InChI=1S/C14H10N4O4/c19-12(16-9-3-1-5-15-7-9)10-8-22-14(17-10)18-13(20)11-4-2-6-21-11/h1-8H,(H,16,19)(H,17,18,20). The zero-order chi connectivity index (χ0) is 15.4. The van der Waals surface area contributed by atoms with Crippen LogP contribution in [0.4, 0.5) is 11.7 Å². The lowest BCUT2D eigenvalue weighted by Crippen LogP contribution is -2.14. The smallest absolute Gasteiger partial charge is 0.302 e. The monoisotopic (exact) mass is 298 g/mol. The first kappa shape index (κ1) is 13.6. The van der Waals surface area contributed by atoms with Gasteiger partial charge in [0.15, 0.2) is 11.5 Å². The van der Waals surface area contributed by atoms with Crippen molar-refractivity contribution >= 4 is 23.5 Å². The quantitative estimate of drug-likeness (QED) is 0.763. The van der Waals surface area contributed by atoms with Crippen LogP contribution in [0.5, 0.6) is 0 Å². The fraction of sp³-hybridized carbons (Fsp3) is 0. The summed E-state index contributed by atoms with van der Waals surface area (Å²) in [5, 5.41) is 4.98. The van der Waals surface area contributed by atoms with Crippen LogP contribution in [0.2, 0.25) is 0 Å². The molecule has 0 aliphatic carbocycles. The number of aromatic nitrogens is 2. The van der Waals surface area contributed by atoms with E-state index in [0.29, 0.717) is 5.69 Å². The number of carbonyl (C=O) groups is 2. The predicted molar refractivity (Wildman–Crippen MR) is 75.4 cm³/mol. The summed E-state index contributed by atoms with van der Waals surface area (Å²) >= 11 is 0. The lowest BCUT2D eigenvalue weighted by molar-refractivity contribution is 0.0990. The van der Waals surface area contributed by atoms with Crippen LogP contribution in [0, 0.1) is 0 Å².